The first-order valence-electron chi connectivity index (χ1n) is 6.48. The van der Waals surface area contributed by atoms with E-state index in [1.54, 1.807) is 24.3 Å². The Kier molecular flexibility index (Phi) is 7.56. The van der Waals surface area contributed by atoms with E-state index in [2.05, 4.69) is 15.4 Å². The summed E-state index contributed by atoms with van der Waals surface area (Å²) in [5.74, 6) is 1.59. The molecule has 1 amide bonds. The average Bonchev–Trinajstić information content (AvgIpc) is 2.47. The molecule has 1 fully saturated rings. The van der Waals surface area contributed by atoms with Crippen LogP contribution in [0.3, 0.4) is 0 Å². The number of carbonyl (C=O) groups is 2. The zero-order valence-corrected chi connectivity index (χ0v) is 13.4. The number of nitrogens with one attached hydrogen (secondary N) is 2. The van der Waals surface area contributed by atoms with Gasteiger partial charge in [0, 0.05) is 36.2 Å². The molecule has 1 aromatic carbocycles. The molecule has 1 aliphatic heterocycles. The predicted octanol–water partition coefficient (Wildman–Crippen LogP) is 1.93. The summed E-state index contributed by atoms with van der Waals surface area (Å²) in [6.07, 6.45) is 0.440. The number of amides is 1. The Hall–Kier alpha value is -1.24. The van der Waals surface area contributed by atoms with Gasteiger partial charge in [0.25, 0.3) is 0 Å². The van der Waals surface area contributed by atoms with Crippen molar-refractivity contribution in [2.75, 3.05) is 30.5 Å². The molecule has 0 aliphatic carbocycles. The molecule has 1 aromatic rings. The van der Waals surface area contributed by atoms with E-state index in [-0.39, 0.29) is 24.4 Å². The van der Waals surface area contributed by atoms with Crippen LogP contribution in [0.5, 0.6) is 0 Å². The lowest BCUT2D eigenvalue weighted by molar-refractivity contribution is -0.116. The zero-order valence-electron chi connectivity index (χ0n) is 11.8. The van der Waals surface area contributed by atoms with Gasteiger partial charge >= 0.3 is 5.97 Å². The third-order valence-electron chi connectivity index (χ3n) is 3.00. The highest BCUT2D eigenvalue weighted by atomic mass is 35.5. The first-order valence-corrected chi connectivity index (χ1v) is 7.64. The minimum atomic E-state index is -0.411. The fourth-order valence-electron chi connectivity index (χ4n) is 2.03. The van der Waals surface area contributed by atoms with Crippen molar-refractivity contribution in [3.63, 3.8) is 0 Å². The zero-order chi connectivity index (χ0) is 14.4. The highest BCUT2D eigenvalue weighted by Gasteiger charge is 2.17. The normalized spacial score (nSPS) is 17.5. The number of esters is 1. The molecular formula is C14H19ClN2O3S. The molecule has 1 heterocycles. The van der Waals surface area contributed by atoms with Crippen LogP contribution in [0.15, 0.2) is 24.3 Å². The molecule has 116 valence electrons. The molecule has 0 aromatic heterocycles. The maximum atomic E-state index is 12.0. The lowest BCUT2D eigenvalue weighted by Crippen LogP contribution is -2.39. The predicted molar refractivity (Wildman–Crippen MR) is 87.4 cm³/mol. The van der Waals surface area contributed by atoms with E-state index < -0.39 is 5.97 Å². The first kappa shape index (κ1) is 17.8. The topological polar surface area (TPSA) is 67.4 Å². The smallest absolute Gasteiger partial charge is 0.337 e. The number of carbonyl (C=O) groups excluding carboxylic acids is 2. The number of benzene rings is 1. The molecule has 0 radical (unpaired) electrons. The number of rotatable bonds is 4. The molecule has 0 spiro atoms. The van der Waals surface area contributed by atoms with Crippen LogP contribution in [0.2, 0.25) is 0 Å². The molecular weight excluding hydrogens is 312 g/mol. The van der Waals surface area contributed by atoms with E-state index in [0.29, 0.717) is 17.7 Å². The quantitative estimate of drug-likeness (QED) is 0.826. The van der Waals surface area contributed by atoms with Gasteiger partial charge in [-0.1, -0.05) is 6.07 Å². The molecule has 21 heavy (non-hydrogen) atoms. The molecule has 5 nitrogen and oxygen atoms in total. The number of hydrogen-bond acceptors (Lipinski definition) is 5. The second-order valence-electron chi connectivity index (χ2n) is 4.55. The average molecular weight is 331 g/mol. The Bertz CT molecular complexity index is 493. The van der Waals surface area contributed by atoms with E-state index in [4.69, 9.17) is 0 Å². The molecule has 2 rings (SSSR count). The van der Waals surface area contributed by atoms with E-state index >= 15 is 0 Å². The van der Waals surface area contributed by atoms with Gasteiger partial charge in [0.2, 0.25) is 5.91 Å². The van der Waals surface area contributed by atoms with Gasteiger partial charge in [-0.15, -0.1) is 12.4 Å². The van der Waals surface area contributed by atoms with E-state index in [9.17, 15) is 9.59 Å². The Balaban J connectivity index is 0.00000220. The minimum absolute atomic E-state index is 0. The van der Waals surface area contributed by atoms with Gasteiger partial charge in [-0.2, -0.15) is 11.8 Å². The number of methoxy groups -OCH3 is 1. The molecule has 2 N–H and O–H groups in total. The number of ether oxygens (including phenoxy) is 1. The molecule has 1 aliphatic rings. The van der Waals surface area contributed by atoms with Crippen molar-refractivity contribution < 1.29 is 14.3 Å². The summed E-state index contributed by atoms with van der Waals surface area (Å²) in [6.45, 7) is 0.945. The van der Waals surface area contributed by atoms with Crippen molar-refractivity contribution in [3.8, 4) is 0 Å². The van der Waals surface area contributed by atoms with Crippen LogP contribution in [0, 0.1) is 0 Å². The van der Waals surface area contributed by atoms with E-state index in [1.807, 2.05) is 11.8 Å². The van der Waals surface area contributed by atoms with Gasteiger partial charge in [0.15, 0.2) is 0 Å². The Morgan fingerprint density at radius 2 is 2.29 bits per heavy atom. The molecule has 0 saturated carbocycles. The van der Waals surface area contributed by atoms with Gasteiger partial charge < -0.3 is 15.4 Å². The highest BCUT2D eigenvalue weighted by molar-refractivity contribution is 7.99. The summed E-state index contributed by atoms with van der Waals surface area (Å²) in [5.41, 5.74) is 1.04. The fraction of sp³-hybridized carbons (Fsp3) is 0.429. The van der Waals surface area contributed by atoms with Crippen molar-refractivity contribution in [1.82, 2.24) is 5.32 Å². The summed E-state index contributed by atoms with van der Waals surface area (Å²) in [6, 6.07) is 6.97. The van der Waals surface area contributed by atoms with E-state index in [0.717, 1.165) is 18.1 Å². The first-order chi connectivity index (χ1) is 9.69. The van der Waals surface area contributed by atoms with Crippen molar-refractivity contribution in [1.29, 1.82) is 0 Å². The SMILES string of the molecule is COC(=O)c1cccc(NC(=O)CC2CSCCN2)c1.Cl. The maximum absolute atomic E-state index is 12.0. The van der Waals surface area contributed by atoms with Crippen LogP contribution in [0.25, 0.3) is 0 Å². The van der Waals surface area contributed by atoms with Gasteiger partial charge in [0.05, 0.1) is 12.7 Å². The summed E-state index contributed by atoms with van der Waals surface area (Å²) in [5, 5.41) is 6.13. The molecule has 1 unspecified atom stereocenters. The third-order valence-corrected chi connectivity index (χ3v) is 4.13. The van der Waals surface area contributed by atoms with Gasteiger partial charge in [-0.25, -0.2) is 4.79 Å². The molecule has 1 atom stereocenters. The largest absolute Gasteiger partial charge is 0.465 e. The third kappa shape index (κ3) is 5.57. The molecule has 0 bridgehead atoms. The van der Waals surface area contributed by atoms with Crippen LogP contribution in [-0.2, 0) is 9.53 Å². The Labute approximate surface area is 134 Å². The lowest BCUT2D eigenvalue weighted by Gasteiger charge is -2.22. The molecule has 1 saturated heterocycles. The second kappa shape index (κ2) is 8.92. The highest BCUT2D eigenvalue weighted by Crippen LogP contribution is 2.14. The number of halogens is 1. The minimum Gasteiger partial charge on any atom is -0.465 e. The van der Waals surface area contributed by atoms with Gasteiger partial charge in [-0.05, 0) is 18.2 Å². The second-order valence-corrected chi connectivity index (χ2v) is 5.70. The van der Waals surface area contributed by atoms with Crippen molar-refractivity contribution in [2.24, 2.45) is 0 Å². The van der Waals surface area contributed by atoms with Crippen LogP contribution in [0.1, 0.15) is 16.8 Å². The Morgan fingerprint density at radius 3 is 2.95 bits per heavy atom. The summed E-state index contributed by atoms with van der Waals surface area (Å²) < 4.78 is 4.65. The standard InChI is InChI=1S/C14H18N2O3S.ClH/c1-19-14(18)10-3-2-4-11(7-10)16-13(17)8-12-9-20-6-5-15-12;/h2-4,7,12,15H,5-6,8-9H2,1H3,(H,16,17);1H. The summed E-state index contributed by atoms with van der Waals surface area (Å²) in [7, 11) is 1.33. The van der Waals surface area contributed by atoms with E-state index in [1.165, 1.54) is 7.11 Å². The number of thioether (sulfide) groups is 1. The lowest BCUT2D eigenvalue weighted by atomic mass is 10.2. The van der Waals surface area contributed by atoms with Crippen LogP contribution in [-0.4, -0.2) is 43.1 Å². The number of hydrogen-bond donors (Lipinski definition) is 2. The van der Waals surface area contributed by atoms with Crippen molar-refractivity contribution >= 4 is 41.7 Å². The summed E-state index contributed by atoms with van der Waals surface area (Å²) in [4.78, 5) is 23.4. The van der Waals surface area contributed by atoms with Crippen molar-refractivity contribution in [3.05, 3.63) is 29.8 Å². The van der Waals surface area contributed by atoms with Crippen molar-refractivity contribution in [2.45, 2.75) is 12.5 Å². The Morgan fingerprint density at radius 1 is 1.48 bits per heavy atom. The number of anilines is 1. The van der Waals surface area contributed by atoms with Gasteiger partial charge in [-0.3, -0.25) is 4.79 Å². The molecule has 7 heteroatoms. The van der Waals surface area contributed by atoms with Crippen LogP contribution in [0.4, 0.5) is 5.69 Å². The fourth-order valence-corrected chi connectivity index (χ4v) is 2.98. The maximum Gasteiger partial charge on any atom is 0.337 e. The van der Waals surface area contributed by atoms with Crippen LogP contribution >= 0.6 is 24.2 Å². The monoisotopic (exact) mass is 330 g/mol. The van der Waals surface area contributed by atoms with Gasteiger partial charge in [0.1, 0.15) is 0 Å². The summed E-state index contributed by atoms with van der Waals surface area (Å²) >= 11 is 1.86. The van der Waals surface area contributed by atoms with Crippen LogP contribution < -0.4 is 10.6 Å².